The van der Waals surface area contributed by atoms with Crippen LogP contribution in [0, 0.1) is 5.82 Å². The van der Waals surface area contributed by atoms with E-state index in [9.17, 15) is 4.39 Å². The third-order valence-corrected chi connectivity index (χ3v) is 2.81. The lowest BCUT2D eigenvalue weighted by Gasteiger charge is -2.14. The Hall–Kier alpha value is -1.00. The number of rotatable bonds is 6. The van der Waals surface area contributed by atoms with Crippen LogP contribution in [-0.4, -0.2) is 20.8 Å². The van der Waals surface area contributed by atoms with Gasteiger partial charge in [-0.1, -0.05) is 11.6 Å². The molecule has 1 aromatic carbocycles. The third-order valence-electron chi connectivity index (χ3n) is 2.54. The molecular weight excluding hydrogens is 245 g/mol. The van der Waals surface area contributed by atoms with Crippen molar-refractivity contribution in [2.24, 2.45) is 5.73 Å². The van der Waals surface area contributed by atoms with Crippen molar-refractivity contribution in [2.75, 3.05) is 20.8 Å². The van der Waals surface area contributed by atoms with Crippen LogP contribution in [0.5, 0.6) is 11.5 Å². The van der Waals surface area contributed by atoms with Gasteiger partial charge in [0, 0.05) is 11.6 Å². The topological polar surface area (TPSA) is 44.5 Å². The molecule has 0 amide bonds. The number of hydrogen-bond donors (Lipinski definition) is 1. The van der Waals surface area contributed by atoms with Gasteiger partial charge < -0.3 is 15.2 Å². The van der Waals surface area contributed by atoms with E-state index in [1.54, 1.807) is 0 Å². The lowest BCUT2D eigenvalue weighted by atomic mass is 10.1. The van der Waals surface area contributed by atoms with Crippen molar-refractivity contribution in [3.8, 4) is 11.5 Å². The maximum atomic E-state index is 13.9. The highest BCUT2D eigenvalue weighted by Crippen LogP contribution is 2.37. The summed E-state index contributed by atoms with van der Waals surface area (Å²) < 4.78 is 24.2. The summed E-state index contributed by atoms with van der Waals surface area (Å²) in [5, 5.41) is 0.0467. The SMILES string of the molecule is COc1cc(Cl)c(F)c(CCCCN)c1OC. The second-order valence-electron chi connectivity index (χ2n) is 3.63. The summed E-state index contributed by atoms with van der Waals surface area (Å²) in [7, 11) is 2.98. The fraction of sp³-hybridized carbons (Fsp3) is 0.500. The summed E-state index contributed by atoms with van der Waals surface area (Å²) in [5.74, 6) is 0.411. The second kappa shape index (κ2) is 6.67. The number of methoxy groups -OCH3 is 2. The van der Waals surface area contributed by atoms with Crippen LogP contribution < -0.4 is 15.2 Å². The molecule has 17 heavy (non-hydrogen) atoms. The van der Waals surface area contributed by atoms with Crippen molar-refractivity contribution in [3.05, 3.63) is 22.5 Å². The van der Waals surface area contributed by atoms with Crippen LogP contribution in [-0.2, 0) is 6.42 Å². The van der Waals surface area contributed by atoms with Gasteiger partial charge in [0.2, 0.25) is 0 Å². The lowest BCUT2D eigenvalue weighted by Crippen LogP contribution is -2.03. The van der Waals surface area contributed by atoms with Gasteiger partial charge in [0.15, 0.2) is 11.5 Å². The molecule has 1 aromatic rings. The van der Waals surface area contributed by atoms with E-state index in [0.29, 0.717) is 30.0 Å². The van der Waals surface area contributed by atoms with Gasteiger partial charge in [-0.3, -0.25) is 0 Å². The number of benzene rings is 1. The molecule has 5 heteroatoms. The molecule has 96 valence electrons. The van der Waals surface area contributed by atoms with Gasteiger partial charge in [0.25, 0.3) is 0 Å². The van der Waals surface area contributed by atoms with E-state index < -0.39 is 5.82 Å². The normalized spacial score (nSPS) is 10.4. The van der Waals surface area contributed by atoms with Crippen molar-refractivity contribution in [1.29, 1.82) is 0 Å². The summed E-state index contributed by atoms with van der Waals surface area (Å²) in [6.07, 6.45) is 2.15. The zero-order chi connectivity index (χ0) is 12.8. The van der Waals surface area contributed by atoms with Crippen LogP contribution in [0.1, 0.15) is 18.4 Å². The van der Waals surface area contributed by atoms with Crippen molar-refractivity contribution in [1.82, 2.24) is 0 Å². The van der Waals surface area contributed by atoms with Crippen molar-refractivity contribution < 1.29 is 13.9 Å². The molecule has 0 fully saturated rings. The minimum absolute atomic E-state index is 0.0467. The summed E-state index contributed by atoms with van der Waals surface area (Å²) in [4.78, 5) is 0. The van der Waals surface area contributed by atoms with Crippen LogP contribution >= 0.6 is 11.6 Å². The first-order valence-corrected chi connectivity index (χ1v) is 5.82. The first kappa shape index (κ1) is 14.1. The molecule has 0 radical (unpaired) electrons. The molecule has 0 aliphatic carbocycles. The molecule has 0 spiro atoms. The molecule has 0 heterocycles. The zero-order valence-electron chi connectivity index (χ0n) is 10.1. The lowest BCUT2D eigenvalue weighted by molar-refractivity contribution is 0.347. The first-order chi connectivity index (χ1) is 8.15. The second-order valence-corrected chi connectivity index (χ2v) is 4.04. The minimum Gasteiger partial charge on any atom is -0.493 e. The predicted octanol–water partition coefficient (Wildman–Crippen LogP) is 2.78. The van der Waals surface area contributed by atoms with Gasteiger partial charge in [-0.15, -0.1) is 0 Å². The third kappa shape index (κ3) is 3.23. The van der Waals surface area contributed by atoms with E-state index in [1.807, 2.05) is 0 Å². The highest BCUT2D eigenvalue weighted by molar-refractivity contribution is 6.31. The van der Waals surface area contributed by atoms with Crippen LogP contribution in [0.2, 0.25) is 5.02 Å². The van der Waals surface area contributed by atoms with Gasteiger partial charge in [0.05, 0.1) is 19.2 Å². The Bertz CT molecular complexity index is 385. The molecule has 3 nitrogen and oxygen atoms in total. The highest BCUT2D eigenvalue weighted by atomic mass is 35.5. The average Bonchev–Trinajstić information content (AvgIpc) is 2.34. The molecule has 0 aliphatic rings. The number of nitrogens with two attached hydrogens (primary N) is 1. The monoisotopic (exact) mass is 261 g/mol. The average molecular weight is 262 g/mol. The summed E-state index contributed by atoms with van der Waals surface area (Å²) in [5.41, 5.74) is 5.86. The Morgan fingerprint density at radius 2 is 2.00 bits per heavy atom. The number of unbranched alkanes of at least 4 members (excludes halogenated alkanes) is 1. The molecule has 0 bridgehead atoms. The van der Waals surface area contributed by atoms with Gasteiger partial charge in [0.1, 0.15) is 5.82 Å². The van der Waals surface area contributed by atoms with Crippen LogP contribution in [0.4, 0.5) is 4.39 Å². The zero-order valence-corrected chi connectivity index (χ0v) is 10.8. The minimum atomic E-state index is -0.443. The molecule has 0 saturated carbocycles. The number of halogens is 2. The fourth-order valence-electron chi connectivity index (χ4n) is 1.68. The molecule has 0 atom stereocenters. The van der Waals surface area contributed by atoms with E-state index in [1.165, 1.54) is 20.3 Å². The molecule has 0 aromatic heterocycles. The van der Waals surface area contributed by atoms with Gasteiger partial charge >= 0.3 is 0 Å². The number of hydrogen-bond acceptors (Lipinski definition) is 3. The largest absolute Gasteiger partial charge is 0.493 e. The first-order valence-electron chi connectivity index (χ1n) is 5.44. The maximum absolute atomic E-state index is 13.9. The molecule has 1 rings (SSSR count). The summed E-state index contributed by atoms with van der Waals surface area (Å²) in [6, 6.07) is 1.42. The number of ether oxygens (including phenoxy) is 2. The van der Waals surface area contributed by atoms with E-state index in [4.69, 9.17) is 26.8 Å². The Morgan fingerprint density at radius 3 is 2.53 bits per heavy atom. The van der Waals surface area contributed by atoms with Gasteiger partial charge in [-0.25, -0.2) is 4.39 Å². The predicted molar refractivity (Wildman–Crippen MR) is 66.5 cm³/mol. The highest BCUT2D eigenvalue weighted by Gasteiger charge is 2.18. The maximum Gasteiger partial charge on any atom is 0.166 e. The van der Waals surface area contributed by atoms with Crippen LogP contribution in [0.15, 0.2) is 6.07 Å². The van der Waals surface area contributed by atoms with E-state index in [2.05, 4.69) is 0 Å². The van der Waals surface area contributed by atoms with Crippen molar-refractivity contribution in [3.63, 3.8) is 0 Å². The van der Waals surface area contributed by atoms with E-state index >= 15 is 0 Å². The smallest absolute Gasteiger partial charge is 0.166 e. The Labute approximate surface area is 106 Å². The van der Waals surface area contributed by atoms with Crippen molar-refractivity contribution >= 4 is 11.6 Å². The Balaban J connectivity index is 3.09. The summed E-state index contributed by atoms with van der Waals surface area (Å²) >= 11 is 5.80. The van der Waals surface area contributed by atoms with Crippen LogP contribution in [0.25, 0.3) is 0 Å². The molecule has 0 aliphatic heterocycles. The van der Waals surface area contributed by atoms with Crippen molar-refractivity contribution in [2.45, 2.75) is 19.3 Å². The van der Waals surface area contributed by atoms with Gasteiger partial charge in [-0.2, -0.15) is 0 Å². The molecule has 0 unspecified atom stereocenters. The molecule has 2 N–H and O–H groups in total. The van der Waals surface area contributed by atoms with Crippen LogP contribution in [0.3, 0.4) is 0 Å². The Morgan fingerprint density at radius 1 is 1.29 bits per heavy atom. The molecule has 0 saturated heterocycles. The standard InChI is InChI=1S/C12H17ClFNO2/c1-16-10-7-9(13)11(14)8(12(10)17-2)5-3-4-6-15/h7H,3-6,15H2,1-2H3. The Kier molecular flexibility index (Phi) is 5.51. The van der Waals surface area contributed by atoms with E-state index in [0.717, 1.165) is 12.8 Å². The fourth-order valence-corrected chi connectivity index (χ4v) is 1.89. The quantitative estimate of drug-likeness (QED) is 0.801. The molecular formula is C12H17ClFNO2. The summed E-state index contributed by atoms with van der Waals surface area (Å²) in [6.45, 7) is 0.585. The van der Waals surface area contributed by atoms with E-state index in [-0.39, 0.29) is 5.02 Å². The van der Waals surface area contributed by atoms with Gasteiger partial charge in [-0.05, 0) is 25.8 Å².